The minimum atomic E-state index is -0.456. The molecular formula is C16H18N4O4. The lowest BCUT2D eigenvalue weighted by atomic mass is 10.1. The van der Waals surface area contributed by atoms with Crippen LogP contribution in [0.1, 0.15) is 10.4 Å². The number of nitrogens with zero attached hydrogens (tertiary/aromatic N) is 3. The summed E-state index contributed by atoms with van der Waals surface area (Å²) in [6.07, 6.45) is 0. The number of aryl methyl sites for hydroxylation is 1. The molecule has 126 valence electrons. The number of fused-ring (bicyclic) bond motifs is 2. The largest absolute Gasteiger partial charge is 0.419 e. The van der Waals surface area contributed by atoms with Crippen LogP contribution in [0.3, 0.4) is 0 Å². The van der Waals surface area contributed by atoms with Gasteiger partial charge in [0.25, 0.3) is 5.91 Å². The summed E-state index contributed by atoms with van der Waals surface area (Å²) < 4.78 is 6.46. The van der Waals surface area contributed by atoms with Crippen molar-refractivity contribution in [1.29, 1.82) is 0 Å². The lowest BCUT2D eigenvalue weighted by Crippen LogP contribution is -2.64. The molecule has 0 radical (unpaired) electrons. The summed E-state index contributed by atoms with van der Waals surface area (Å²) in [5, 5.41) is 2.85. The Bertz CT molecular complexity index is 884. The molecule has 2 amide bonds. The molecule has 2 aromatic rings. The fraction of sp³-hybridized carbons (Fsp3) is 0.438. The summed E-state index contributed by atoms with van der Waals surface area (Å²) >= 11 is 0. The van der Waals surface area contributed by atoms with Crippen LogP contribution in [0.4, 0.5) is 0 Å². The predicted molar refractivity (Wildman–Crippen MR) is 85.7 cm³/mol. The van der Waals surface area contributed by atoms with Gasteiger partial charge in [-0.05, 0) is 18.2 Å². The van der Waals surface area contributed by atoms with Crippen LogP contribution < -0.4 is 11.1 Å². The fourth-order valence-electron chi connectivity index (χ4n) is 3.40. The number of carbonyl (C=O) groups excluding carboxylic acids is 2. The average Bonchev–Trinajstić information content (AvgIpc) is 2.88. The Morgan fingerprint density at radius 3 is 2.92 bits per heavy atom. The highest BCUT2D eigenvalue weighted by molar-refractivity contribution is 5.97. The van der Waals surface area contributed by atoms with Crippen LogP contribution >= 0.6 is 0 Å². The summed E-state index contributed by atoms with van der Waals surface area (Å²) in [4.78, 5) is 40.2. The number of hydrogen-bond acceptors (Lipinski definition) is 5. The third-order valence-electron chi connectivity index (χ3n) is 4.82. The molecule has 0 aliphatic carbocycles. The van der Waals surface area contributed by atoms with Gasteiger partial charge in [0, 0.05) is 45.3 Å². The third-order valence-corrected chi connectivity index (χ3v) is 4.82. The van der Waals surface area contributed by atoms with Gasteiger partial charge in [0.15, 0.2) is 5.58 Å². The number of nitrogens with one attached hydrogen (secondary N) is 1. The Hall–Kier alpha value is -2.61. The molecule has 2 aliphatic rings. The highest BCUT2D eigenvalue weighted by Crippen LogP contribution is 2.19. The lowest BCUT2D eigenvalue weighted by Gasteiger charge is -2.43. The van der Waals surface area contributed by atoms with Gasteiger partial charge in [-0.2, -0.15) is 0 Å². The number of piperazine rings is 2. The zero-order valence-corrected chi connectivity index (χ0v) is 13.3. The van der Waals surface area contributed by atoms with Crippen LogP contribution in [0.15, 0.2) is 27.4 Å². The Kier molecular flexibility index (Phi) is 3.42. The molecule has 1 N–H and O–H groups in total. The Balaban J connectivity index is 1.60. The average molecular weight is 330 g/mol. The number of rotatable bonds is 1. The Morgan fingerprint density at radius 2 is 2.08 bits per heavy atom. The monoisotopic (exact) mass is 330 g/mol. The van der Waals surface area contributed by atoms with Crippen LogP contribution in [-0.2, 0) is 11.8 Å². The minimum Gasteiger partial charge on any atom is -0.408 e. The number of hydrogen-bond donors (Lipinski definition) is 1. The minimum absolute atomic E-state index is 0.0218. The summed E-state index contributed by atoms with van der Waals surface area (Å²) in [6.45, 7) is 3.14. The van der Waals surface area contributed by atoms with Crippen molar-refractivity contribution in [3.8, 4) is 0 Å². The van der Waals surface area contributed by atoms with Crippen molar-refractivity contribution in [2.75, 3.05) is 32.7 Å². The van der Waals surface area contributed by atoms with E-state index in [1.54, 1.807) is 30.1 Å². The topological polar surface area (TPSA) is 87.8 Å². The number of aromatic nitrogens is 1. The Labute approximate surface area is 137 Å². The first kappa shape index (κ1) is 14.9. The van der Waals surface area contributed by atoms with E-state index in [0.717, 1.165) is 6.54 Å². The molecule has 3 heterocycles. The van der Waals surface area contributed by atoms with Crippen molar-refractivity contribution in [3.63, 3.8) is 0 Å². The van der Waals surface area contributed by atoms with Gasteiger partial charge in [0.05, 0.1) is 5.52 Å². The van der Waals surface area contributed by atoms with Gasteiger partial charge >= 0.3 is 5.76 Å². The molecule has 8 heteroatoms. The number of oxazole rings is 1. The van der Waals surface area contributed by atoms with E-state index < -0.39 is 5.76 Å². The molecule has 8 nitrogen and oxygen atoms in total. The quantitative estimate of drug-likeness (QED) is 0.753. The standard InChI is InChI=1S/C16H18N4O4/c1-18-11-8-10(2-3-13(11)24-16(18)23)15(22)20-7-6-19-5-4-17-14(21)12(19)9-20/h2-3,8,12H,4-7,9H2,1H3,(H,17,21)/t12-/m1/s1. The Morgan fingerprint density at radius 1 is 1.25 bits per heavy atom. The SMILES string of the molecule is Cn1c(=O)oc2ccc(C(=O)N3CCN4CCNC(=O)[C@H]4C3)cc21. The van der Waals surface area contributed by atoms with Crippen LogP contribution in [0.5, 0.6) is 0 Å². The van der Waals surface area contributed by atoms with Gasteiger partial charge < -0.3 is 14.6 Å². The maximum absolute atomic E-state index is 12.8. The van der Waals surface area contributed by atoms with Crippen molar-refractivity contribution in [2.45, 2.75) is 6.04 Å². The normalized spacial score (nSPS) is 21.6. The van der Waals surface area contributed by atoms with E-state index in [1.807, 2.05) is 0 Å². The third kappa shape index (κ3) is 2.30. The second-order valence-electron chi connectivity index (χ2n) is 6.20. The van der Waals surface area contributed by atoms with E-state index in [-0.39, 0.29) is 17.9 Å². The fourth-order valence-corrected chi connectivity index (χ4v) is 3.40. The smallest absolute Gasteiger partial charge is 0.408 e. The molecule has 2 fully saturated rings. The maximum atomic E-state index is 12.8. The summed E-state index contributed by atoms with van der Waals surface area (Å²) in [6, 6.07) is 4.67. The van der Waals surface area contributed by atoms with Crippen molar-refractivity contribution < 1.29 is 14.0 Å². The molecule has 0 bridgehead atoms. The molecule has 0 saturated carbocycles. The zero-order chi connectivity index (χ0) is 16.8. The van der Waals surface area contributed by atoms with Crippen molar-refractivity contribution >= 4 is 22.9 Å². The molecule has 2 aliphatic heterocycles. The number of amides is 2. The summed E-state index contributed by atoms with van der Waals surface area (Å²) in [7, 11) is 1.60. The van der Waals surface area contributed by atoms with E-state index in [9.17, 15) is 14.4 Å². The predicted octanol–water partition coefficient (Wildman–Crippen LogP) is -0.612. The molecule has 4 rings (SSSR count). The molecule has 1 aromatic carbocycles. The van der Waals surface area contributed by atoms with Crippen molar-refractivity contribution in [1.82, 2.24) is 19.7 Å². The molecule has 0 spiro atoms. The number of carbonyl (C=O) groups is 2. The van der Waals surface area contributed by atoms with Gasteiger partial charge in [-0.15, -0.1) is 0 Å². The van der Waals surface area contributed by atoms with Crippen molar-refractivity contribution in [2.24, 2.45) is 7.05 Å². The van der Waals surface area contributed by atoms with Crippen molar-refractivity contribution in [3.05, 3.63) is 34.3 Å². The van der Waals surface area contributed by atoms with Crippen LogP contribution in [0, 0.1) is 0 Å². The van der Waals surface area contributed by atoms with E-state index in [0.29, 0.717) is 42.8 Å². The van der Waals surface area contributed by atoms with Gasteiger partial charge in [-0.1, -0.05) is 0 Å². The second-order valence-corrected chi connectivity index (χ2v) is 6.20. The summed E-state index contributed by atoms with van der Waals surface area (Å²) in [5.74, 6) is -0.614. The molecule has 1 aromatic heterocycles. The molecule has 24 heavy (non-hydrogen) atoms. The molecule has 0 unspecified atom stereocenters. The van der Waals surface area contributed by atoms with Gasteiger partial charge in [0.1, 0.15) is 6.04 Å². The maximum Gasteiger partial charge on any atom is 0.419 e. The van der Waals surface area contributed by atoms with Gasteiger partial charge in [-0.25, -0.2) is 4.79 Å². The van der Waals surface area contributed by atoms with E-state index in [1.165, 1.54) is 4.57 Å². The molecule has 2 saturated heterocycles. The van der Waals surface area contributed by atoms with Gasteiger partial charge in [0.2, 0.25) is 5.91 Å². The number of benzene rings is 1. The highest BCUT2D eigenvalue weighted by atomic mass is 16.4. The molecular weight excluding hydrogens is 312 g/mol. The van der Waals surface area contributed by atoms with E-state index in [4.69, 9.17) is 4.42 Å². The first-order chi connectivity index (χ1) is 11.5. The second kappa shape index (κ2) is 5.48. The van der Waals surface area contributed by atoms with E-state index in [2.05, 4.69) is 10.2 Å². The van der Waals surface area contributed by atoms with E-state index >= 15 is 0 Å². The zero-order valence-electron chi connectivity index (χ0n) is 13.3. The molecule has 1 atom stereocenters. The van der Waals surface area contributed by atoms with Gasteiger partial charge in [-0.3, -0.25) is 19.1 Å². The lowest BCUT2D eigenvalue weighted by molar-refractivity contribution is -0.131. The van der Waals surface area contributed by atoms with Crippen LogP contribution in [0.25, 0.3) is 11.1 Å². The first-order valence-corrected chi connectivity index (χ1v) is 7.95. The first-order valence-electron chi connectivity index (χ1n) is 7.95. The van der Waals surface area contributed by atoms with Crippen LogP contribution in [0.2, 0.25) is 0 Å². The van der Waals surface area contributed by atoms with Crippen LogP contribution in [-0.4, -0.2) is 64.9 Å². The summed E-state index contributed by atoms with van der Waals surface area (Å²) in [5.41, 5.74) is 1.53. The highest BCUT2D eigenvalue weighted by Gasteiger charge is 2.36.